The van der Waals surface area contributed by atoms with Crippen LogP contribution < -0.4 is 10.2 Å². The average molecular weight is 498 g/mol. The molecule has 2 aromatic carbocycles. The van der Waals surface area contributed by atoms with Gasteiger partial charge in [-0.25, -0.2) is 18.3 Å². The highest BCUT2D eigenvalue weighted by atomic mass is 32.2. The number of anilines is 1. The average Bonchev–Trinajstić information content (AvgIpc) is 3.49. The predicted octanol–water partition coefficient (Wildman–Crippen LogP) is 4.46. The first-order valence-electron chi connectivity index (χ1n) is 11.0. The van der Waals surface area contributed by atoms with Crippen molar-refractivity contribution in [2.75, 3.05) is 24.2 Å². The van der Waals surface area contributed by atoms with Gasteiger partial charge in [-0.2, -0.15) is 0 Å². The van der Waals surface area contributed by atoms with Crippen molar-refractivity contribution in [1.29, 1.82) is 0 Å². The Kier molecular flexibility index (Phi) is 7.81. The van der Waals surface area contributed by atoms with Crippen molar-refractivity contribution in [3.8, 4) is 5.75 Å². The molecule has 0 aliphatic carbocycles. The summed E-state index contributed by atoms with van der Waals surface area (Å²) in [6.07, 6.45) is 3.07. The van der Waals surface area contributed by atoms with Crippen LogP contribution in [0.3, 0.4) is 0 Å². The molecule has 182 valence electrons. The first-order chi connectivity index (χ1) is 16.9. The molecular formula is C25H25F2N5O2S. The monoisotopic (exact) mass is 497 g/mol. The number of imidazole rings is 1. The molecule has 1 atom stereocenters. The van der Waals surface area contributed by atoms with Gasteiger partial charge in [0, 0.05) is 18.0 Å². The highest BCUT2D eigenvalue weighted by molar-refractivity contribution is 7.98. The lowest BCUT2D eigenvalue weighted by Gasteiger charge is -2.16. The van der Waals surface area contributed by atoms with Crippen LogP contribution in [-0.2, 0) is 6.54 Å². The van der Waals surface area contributed by atoms with E-state index in [2.05, 4.69) is 15.4 Å². The van der Waals surface area contributed by atoms with Crippen LogP contribution in [0.4, 0.5) is 14.6 Å². The van der Waals surface area contributed by atoms with Gasteiger partial charge in [-0.05, 0) is 66.8 Å². The quantitative estimate of drug-likeness (QED) is 0.396. The van der Waals surface area contributed by atoms with Gasteiger partial charge in [-0.15, -0.1) is 16.9 Å². The number of phenols is 1. The van der Waals surface area contributed by atoms with Gasteiger partial charge in [0.2, 0.25) is 0 Å². The zero-order valence-electron chi connectivity index (χ0n) is 19.1. The number of nitrogens with zero attached hydrogens (tertiary/aromatic N) is 4. The minimum Gasteiger partial charge on any atom is -0.508 e. The fraction of sp³-hybridized carbons (Fsp3) is 0.240. The Morgan fingerprint density at radius 2 is 2.00 bits per heavy atom. The fourth-order valence-electron chi connectivity index (χ4n) is 3.62. The van der Waals surface area contributed by atoms with E-state index in [4.69, 9.17) is 0 Å². The zero-order valence-corrected chi connectivity index (χ0v) is 19.9. The van der Waals surface area contributed by atoms with E-state index in [1.54, 1.807) is 54.2 Å². The van der Waals surface area contributed by atoms with Crippen molar-refractivity contribution in [3.63, 3.8) is 0 Å². The topological polar surface area (TPSA) is 82.8 Å². The summed E-state index contributed by atoms with van der Waals surface area (Å²) in [4.78, 5) is 19.7. The molecular weight excluding hydrogens is 472 g/mol. The summed E-state index contributed by atoms with van der Waals surface area (Å²) in [5.74, 6) is 0.274. The van der Waals surface area contributed by atoms with Crippen molar-refractivity contribution < 1.29 is 18.7 Å². The van der Waals surface area contributed by atoms with Crippen LogP contribution in [0, 0.1) is 5.82 Å². The number of aromatic hydroxyl groups is 1. The molecule has 7 nitrogen and oxygen atoms in total. The number of phenolic OH excluding ortho intramolecular Hbond substituents is 1. The van der Waals surface area contributed by atoms with Crippen molar-refractivity contribution in [1.82, 2.24) is 19.9 Å². The molecule has 1 amide bonds. The Morgan fingerprint density at radius 1 is 1.20 bits per heavy atom. The van der Waals surface area contributed by atoms with Gasteiger partial charge >= 0.3 is 0 Å². The lowest BCUT2D eigenvalue weighted by Crippen LogP contribution is -2.26. The normalized spacial score (nSPS) is 15.1. The summed E-state index contributed by atoms with van der Waals surface area (Å²) >= 11 is 1.61. The van der Waals surface area contributed by atoms with Gasteiger partial charge in [0.05, 0.1) is 12.7 Å². The zero-order chi connectivity index (χ0) is 24.8. The SMILES string of the molecule is CSc1ccc(F)cc1.O=C(NCc1cccc(O)c1)c1cnc2ccc(N3CCC(F)C3)nn12. The Morgan fingerprint density at radius 3 is 2.69 bits per heavy atom. The maximum atomic E-state index is 13.4. The number of benzene rings is 2. The van der Waals surface area contributed by atoms with Crippen LogP contribution in [-0.4, -0.2) is 51.1 Å². The van der Waals surface area contributed by atoms with Crippen LogP contribution in [0.25, 0.3) is 5.65 Å². The second-order valence-electron chi connectivity index (χ2n) is 7.95. The minimum atomic E-state index is -0.847. The molecule has 0 radical (unpaired) electrons. The molecule has 1 saturated heterocycles. The molecule has 4 aromatic rings. The molecule has 0 saturated carbocycles. The highest BCUT2D eigenvalue weighted by Gasteiger charge is 2.24. The molecule has 10 heteroatoms. The molecule has 1 aliphatic heterocycles. The number of carbonyl (C=O) groups excluding carboxylic acids is 1. The predicted molar refractivity (Wildman–Crippen MR) is 132 cm³/mol. The molecule has 2 aromatic heterocycles. The number of amides is 1. The minimum absolute atomic E-state index is 0.148. The van der Waals surface area contributed by atoms with Crippen molar-refractivity contribution >= 4 is 29.1 Å². The Labute approximate surface area is 205 Å². The summed E-state index contributed by atoms with van der Waals surface area (Å²) in [7, 11) is 0. The maximum absolute atomic E-state index is 13.4. The van der Waals surface area contributed by atoms with Gasteiger partial charge in [-0.1, -0.05) is 12.1 Å². The Bertz CT molecular complexity index is 1300. The number of fused-ring (bicyclic) bond motifs is 1. The van der Waals surface area contributed by atoms with E-state index in [9.17, 15) is 18.7 Å². The molecule has 2 N–H and O–H groups in total. The second-order valence-corrected chi connectivity index (χ2v) is 8.83. The third-order valence-electron chi connectivity index (χ3n) is 5.45. The van der Waals surface area contributed by atoms with E-state index in [1.807, 2.05) is 17.2 Å². The van der Waals surface area contributed by atoms with E-state index < -0.39 is 6.17 Å². The highest BCUT2D eigenvalue weighted by Crippen LogP contribution is 2.20. The number of nitrogens with one attached hydrogen (secondary N) is 1. The molecule has 3 heterocycles. The van der Waals surface area contributed by atoms with Gasteiger partial charge in [0.25, 0.3) is 5.91 Å². The summed E-state index contributed by atoms with van der Waals surface area (Å²) in [6.45, 7) is 1.19. The van der Waals surface area contributed by atoms with Crippen LogP contribution in [0.1, 0.15) is 22.5 Å². The van der Waals surface area contributed by atoms with E-state index >= 15 is 0 Å². The van der Waals surface area contributed by atoms with Crippen LogP contribution in [0.15, 0.2) is 71.8 Å². The van der Waals surface area contributed by atoms with E-state index in [-0.39, 0.29) is 24.0 Å². The summed E-state index contributed by atoms with van der Waals surface area (Å²) in [6, 6.07) is 16.7. The Balaban J connectivity index is 0.000000271. The lowest BCUT2D eigenvalue weighted by molar-refractivity contribution is 0.0944. The number of alkyl halides is 1. The first kappa shape index (κ1) is 24.5. The smallest absolute Gasteiger partial charge is 0.271 e. The van der Waals surface area contributed by atoms with Gasteiger partial charge < -0.3 is 15.3 Å². The summed E-state index contributed by atoms with van der Waals surface area (Å²) in [5.41, 5.74) is 1.64. The fourth-order valence-corrected chi connectivity index (χ4v) is 4.03. The third-order valence-corrected chi connectivity index (χ3v) is 6.19. The second kappa shape index (κ2) is 11.2. The molecule has 0 bridgehead atoms. The van der Waals surface area contributed by atoms with Crippen molar-refractivity contribution in [2.45, 2.75) is 24.0 Å². The number of rotatable bonds is 5. The summed E-state index contributed by atoms with van der Waals surface area (Å²) in [5, 5.41) is 16.7. The van der Waals surface area contributed by atoms with E-state index in [0.29, 0.717) is 36.7 Å². The van der Waals surface area contributed by atoms with Gasteiger partial charge in [-0.3, -0.25) is 4.79 Å². The number of halogens is 2. The number of carbonyl (C=O) groups is 1. The molecule has 0 spiro atoms. The molecule has 1 aliphatic rings. The van der Waals surface area contributed by atoms with Crippen molar-refractivity contribution in [2.24, 2.45) is 0 Å². The maximum Gasteiger partial charge on any atom is 0.271 e. The van der Waals surface area contributed by atoms with E-state index in [0.717, 1.165) is 10.5 Å². The summed E-state index contributed by atoms with van der Waals surface area (Å²) < 4.78 is 27.1. The van der Waals surface area contributed by atoms with E-state index in [1.165, 1.54) is 22.8 Å². The number of thioether (sulfide) groups is 1. The molecule has 1 unspecified atom stereocenters. The van der Waals surface area contributed by atoms with Gasteiger partial charge in [0.15, 0.2) is 11.3 Å². The first-order valence-corrected chi connectivity index (χ1v) is 12.2. The van der Waals surface area contributed by atoms with Crippen molar-refractivity contribution in [3.05, 3.63) is 83.9 Å². The largest absolute Gasteiger partial charge is 0.508 e. The van der Waals surface area contributed by atoms with Crippen LogP contribution in [0.5, 0.6) is 5.75 Å². The molecule has 5 rings (SSSR count). The van der Waals surface area contributed by atoms with Crippen LogP contribution in [0.2, 0.25) is 0 Å². The van der Waals surface area contributed by atoms with Gasteiger partial charge in [0.1, 0.15) is 23.6 Å². The molecule has 1 fully saturated rings. The number of hydrogen-bond acceptors (Lipinski definition) is 6. The Hall–Kier alpha value is -3.66. The lowest BCUT2D eigenvalue weighted by atomic mass is 10.2. The standard InChI is InChI=1S/C18H18FN5O2.C7H7FS/c19-13-6-7-23(11-13)17-5-4-16-20-10-15(24(16)22-17)18(26)21-9-12-2-1-3-14(25)8-12;1-9-7-4-2-6(8)3-5-7/h1-5,8,10,13,25H,6-7,9,11H2,(H,21,26);2-5H,1H3. The third kappa shape index (κ3) is 6.27. The number of hydrogen-bond donors (Lipinski definition) is 2. The number of aromatic nitrogens is 3. The van der Waals surface area contributed by atoms with Crippen LogP contribution >= 0.6 is 11.8 Å². The molecule has 35 heavy (non-hydrogen) atoms.